The lowest BCUT2D eigenvalue weighted by Gasteiger charge is -2.10. The number of ether oxygens (including phenoxy) is 1. The molecule has 1 aromatic carbocycles. The standard InChI is InChI=1S/C12H12BrClN2O3S/c1-2-16-8-15-6-9(16)7-19-12-4-3-10(5-11(12)13)20(14,17)18/h3-6,8H,2,7H2,1H3. The molecule has 8 heteroatoms. The second-order valence-corrected chi connectivity index (χ2v) is 7.41. The molecular weight excluding hydrogens is 368 g/mol. The van der Waals surface area contributed by atoms with Crippen molar-refractivity contribution in [1.29, 1.82) is 0 Å². The van der Waals surface area contributed by atoms with Crippen LogP contribution in [-0.4, -0.2) is 18.0 Å². The predicted molar refractivity (Wildman–Crippen MR) is 79.4 cm³/mol. The van der Waals surface area contributed by atoms with Gasteiger partial charge in [0.2, 0.25) is 0 Å². The van der Waals surface area contributed by atoms with Crippen molar-refractivity contribution in [2.75, 3.05) is 0 Å². The molecule has 0 aliphatic carbocycles. The maximum Gasteiger partial charge on any atom is 0.261 e. The van der Waals surface area contributed by atoms with Crippen LogP contribution in [0.1, 0.15) is 12.6 Å². The van der Waals surface area contributed by atoms with Crippen LogP contribution in [0.4, 0.5) is 0 Å². The number of halogens is 2. The molecule has 2 aromatic rings. The van der Waals surface area contributed by atoms with E-state index >= 15 is 0 Å². The minimum atomic E-state index is -3.74. The van der Waals surface area contributed by atoms with Gasteiger partial charge in [-0.05, 0) is 41.1 Å². The van der Waals surface area contributed by atoms with Crippen LogP contribution in [0.15, 0.2) is 40.1 Å². The summed E-state index contributed by atoms with van der Waals surface area (Å²) in [5, 5.41) is 0. The summed E-state index contributed by atoms with van der Waals surface area (Å²) in [6.07, 6.45) is 3.46. The van der Waals surface area contributed by atoms with Gasteiger partial charge in [-0.2, -0.15) is 0 Å². The van der Waals surface area contributed by atoms with Crippen molar-refractivity contribution in [2.24, 2.45) is 0 Å². The normalized spacial score (nSPS) is 11.6. The van der Waals surface area contributed by atoms with Gasteiger partial charge in [-0.1, -0.05) is 0 Å². The van der Waals surface area contributed by atoms with Crippen molar-refractivity contribution >= 4 is 35.7 Å². The third kappa shape index (κ3) is 3.53. The van der Waals surface area contributed by atoms with Gasteiger partial charge in [-0.3, -0.25) is 0 Å². The Bertz CT molecular complexity index is 715. The van der Waals surface area contributed by atoms with Crippen LogP contribution >= 0.6 is 26.6 Å². The number of aromatic nitrogens is 2. The van der Waals surface area contributed by atoms with E-state index in [1.54, 1.807) is 18.6 Å². The second-order valence-electron chi connectivity index (χ2n) is 3.99. The van der Waals surface area contributed by atoms with Gasteiger partial charge < -0.3 is 9.30 Å². The minimum absolute atomic E-state index is 0.0250. The lowest BCUT2D eigenvalue weighted by Crippen LogP contribution is -2.04. The first-order chi connectivity index (χ1) is 9.41. The first-order valence-corrected chi connectivity index (χ1v) is 8.88. The molecule has 0 aliphatic heterocycles. The Morgan fingerprint density at radius 3 is 2.80 bits per heavy atom. The molecule has 0 spiro atoms. The first-order valence-electron chi connectivity index (χ1n) is 5.78. The number of rotatable bonds is 5. The van der Waals surface area contributed by atoms with Gasteiger partial charge >= 0.3 is 0 Å². The van der Waals surface area contributed by atoms with Gasteiger partial charge in [0.15, 0.2) is 0 Å². The number of imidazole rings is 1. The number of aryl methyl sites for hydroxylation is 1. The molecule has 0 amide bonds. The average Bonchev–Trinajstić information content (AvgIpc) is 2.83. The Labute approximate surface area is 130 Å². The average molecular weight is 380 g/mol. The molecule has 0 fully saturated rings. The van der Waals surface area contributed by atoms with E-state index < -0.39 is 9.05 Å². The van der Waals surface area contributed by atoms with E-state index in [-0.39, 0.29) is 4.90 Å². The van der Waals surface area contributed by atoms with Crippen LogP contribution in [-0.2, 0) is 22.2 Å². The molecule has 108 valence electrons. The third-order valence-electron chi connectivity index (χ3n) is 2.70. The molecule has 0 bridgehead atoms. The molecule has 0 unspecified atom stereocenters. The maximum absolute atomic E-state index is 11.2. The zero-order chi connectivity index (χ0) is 14.8. The third-order valence-corrected chi connectivity index (χ3v) is 4.67. The first kappa shape index (κ1) is 15.3. The van der Waals surface area contributed by atoms with Crippen molar-refractivity contribution < 1.29 is 13.2 Å². The summed E-state index contributed by atoms with van der Waals surface area (Å²) in [5.74, 6) is 0.540. The molecule has 0 saturated heterocycles. The van der Waals surface area contributed by atoms with Crippen LogP contribution in [0, 0.1) is 0 Å². The Morgan fingerprint density at radius 1 is 1.45 bits per heavy atom. The van der Waals surface area contributed by atoms with Crippen LogP contribution in [0.2, 0.25) is 0 Å². The molecule has 2 rings (SSSR count). The fraction of sp³-hybridized carbons (Fsp3) is 0.250. The van der Waals surface area contributed by atoms with Gasteiger partial charge in [0.1, 0.15) is 12.4 Å². The van der Waals surface area contributed by atoms with E-state index in [9.17, 15) is 8.42 Å². The fourth-order valence-electron chi connectivity index (χ4n) is 1.66. The van der Waals surface area contributed by atoms with Crippen molar-refractivity contribution in [3.63, 3.8) is 0 Å². The lowest BCUT2D eigenvalue weighted by molar-refractivity contribution is 0.293. The Kier molecular flexibility index (Phi) is 4.72. The van der Waals surface area contributed by atoms with E-state index in [1.165, 1.54) is 12.1 Å². The lowest BCUT2D eigenvalue weighted by atomic mass is 10.3. The quantitative estimate of drug-likeness (QED) is 0.749. The molecule has 0 N–H and O–H groups in total. The van der Waals surface area contributed by atoms with Gasteiger partial charge in [-0.15, -0.1) is 0 Å². The number of nitrogens with zero attached hydrogens (tertiary/aromatic N) is 2. The van der Waals surface area contributed by atoms with Gasteiger partial charge in [0, 0.05) is 17.2 Å². The van der Waals surface area contributed by atoms with Gasteiger partial charge in [0.25, 0.3) is 9.05 Å². The maximum atomic E-state index is 11.2. The van der Waals surface area contributed by atoms with Gasteiger partial charge in [-0.25, -0.2) is 13.4 Å². The molecule has 0 saturated carbocycles. The zero-order valence-electron chi connectivity index (χ0n) is 10.6. The molecule has 1 aromatic heterocycles. The predicted octanol–water partition coefficient (Wildman–Crippen LogP) is 3.17. The van der Waals surface area contributed by atoms with E-state index in [4.69, 9.17) is 15.4 Å². The van der Waals surface area contributed by atoms with Crippen LogP contribution in [0.3, 0.4) is 0 Å². The van der Waals surface area contributed by atoms with Crippen LogP contribution in [0.5, 0.6) is 5.75 Å². The summed E-state index contributed by atoms with van der Waals surface area (Å²) in [5.41, 5.74) is 0.938. The van der Waals surface area contributed by atoms with E-state index in [2.05, 4.69) is 20.9 Å². The van der Waals surface area contributed by atoms with E-state index in [1.807, 2.05) is 11.5 Å². The highest BCUT2D eigenvalue weighted by molar-refractivity contribution is 9.10. The topological polar surface area (TPSA) is 61.2 Å². The Morgan fingerprint density at radius 2 is 2.20 bits per heavy atom. The smallest absolute Gasteiger partial charge is 0.261 e. The fourth-order valence-corrected chi connectivity index (χ4v) is 3.08. The highest BCUT2D eigenvalue weighted by atomic mass is 79.9. The summed E-state index contributed by atoms with van der Waals surface area (Å²) in [7, 11) is 1.54. The Hall–Kier alpha value is -1.05. The Balaban J connectivity index is 2.15. The van der Waals surface area contributed by atoms with Gasteiger partial charge in [0.05, 0.1) is 27.6 Å². The summed E-state index contributed by atoms with van der Waals surface area (Å²) >= 11 is 3.27. The minimum Gasteiger partial charge on any atom is -0.486 e. The second kappa shape index (κ2) is 6.15. The van der Waals surface area contributed by atoms with E-state index in [0.29, 0.717) is 16.8 Å². The highest BCUT2D eigenvalue weighted by Crippen LogP contribution is 2.29. The molecule has 20 heavy (non-hydrogen) atoms. The summed E-state index contributed by atoms with van der Waals surface area (Å²) in [6, 6.07) is 4.38. The van der Waals surface area contributed by atoms with Crippen LogP contribution in [0.25, 0.3) is 0 Å². The molecule has 0 aliphatic rings. The summed E-state index contributed by atoms with van der Waals surface area (Å²) in [6.45, 7) is 3.17. The summed E-state index contributed by atoms with van der Waals surface area (Å²) in [4.78, 5) is 4.07. The highest BCUT2D eigenvalue weighted by Gasteiger charge is 2.13. The molecule has 0 atom stereocenters. The number of benzene rings is 1. The molecule has 1 heterocycles. The van der Waals surface area contributed by atoms with Crippen LogP contribution < -0.4 is 4.74 Å². The van der Waals surface area contributed by atoms with Crippen molar-refractivity contribution in [3.05, 3.63) is 40.9 Å². The molecular formula is C12H12BrClN2O3S. The van der Waals surface area contributed by atoms with E-state index in [0.717, 1.165) is 12.2 Å². The zero-order valence-corrected chi connectivity index (χ0v) is 13.7. The van der Waals surface area contributed by atoms with Crippen molar-refractivity contribution in [1.82, 2.24) is 9.55 Å². The van der Waals surface area contributed by atoms with Crippen molar-refractivity contribution in [3.8, 4) is 5.75 Å². The molecule has 0 radical (unpaired) electrons. The van der Waals surface area contributed by atoms with Crippen molar-refractivity contribution in [2.45, 2.75) is 25.0 Å². The molecule has 5 nitrogen and oxygen atoms in total. The SMILES string of the molecule is CCn1cncc1COc1ccc(S(=O)(=O)Cl)cc1Br. The monoisotopic (exact) mass is 378 g/mol. The summed E-state index contributed by atoms with van der Waals surface area (Å²) < 4.78 is 30.6. The number of hydrogen-bond acceptors (Lipinski definition) is 4. The largest absolute Gasteiger partial charge is 0.486 e. The number of hydrogen-bond donors (Lipinski definition) is 0.